The van der Waals surface area contributed by atoms with Crippen molar-refractivity contribution < 1.29 is 14.3 Å². The highest BCUT2D eigenvalue weighted by Crippen LogP contribution is 2.36. The van der Waals surface area contributed by atoms with E-state index in [4.69, 9.17) is 9.47 Å². The molecule has 1 atom stereocenters. The summed E-state index contributed by atoms with van der Waals surface area (Å²) < 4.78 is 14.1. The minimum atomic E-state index is 0.152. The van der Waals surface area contributed by atoms with Gasteiger partial charge in [0, 0.05) is 50.2 Å². The molecule has 1 aromatic carbocycles. The lowest BCUT2D eigenvalue weighted by molar-refractivity contribution is 0.0585. The van der Waals surface area contributed by atoms with E-state index in [0.29, 0.717) is 18.6 Å². The lowest BCUT2D eigenvalue weighted by atomic mass is 10.1. The van der Waals surface area contributed by atoms with Crippen LogP contribution in [-0.2, 0) is 4.74 Å². The molecule has 2 aliphatic heterocycles. The highest BCUT2D eigenvalue weighted by atomic mass is 16.5. The Labute approximate surface area is 185 Å². The molecular formula is C25H35N3O3. The second kappa shape index (κ2) is 8.47. The molecule has 1 aromatic heterocycles. The maximum absolute atomic E-state index is 13.2. The molecule has 2 aromatic rings. The number of carbonyl (C=O) groups is 1. The summed E-state index contributed by atoms with van der Waals surface area (Å²) >= 11 is 0. The number of nitrogens with zero attached hydrogens (tertiary/aromatic N) is 3. The Balaban J connectivity index is 1.37. The molecule has 6 nitrogen and oxygen atoms in total. The minimum absolute atomic E-state index is 0.152. The van der Waals surface area contributed by atoms with Gasteiger partial charge in [-0.2, -0.15) is 0 Å². The number of amides is 1. The molecular weight excluding hydrogens is 390 g/mol. The monoisotopic (exact) mass is 425 g/mol. The van der Waals surface area contributed by atoms with Crippen molar-refractivity contribution in [2.24, 2.45) is 5.92 Å². The van der Waals surface area contributed by atoms with Gasteiger partial charge in [-0.3, -0.25) is 4.79 Å². The lowest BCUT2D eigenvalue weighted by Gasteiger charge is -2.35. The second-order valence-electron chi connectivity index (χ2n) is 9.83. The Morgan fingerprint density at radius 1 is 1.10 bits per heavy atom. The fourth-order valence-electron chi connectivity index (χ4n) is 5.22. The molecule has 0 unspecified atom stereocenters. The van der Waals surface area contributed by atoms with Crippen LogP contribution in [-0.4, -0.2) is 72.3 Å². The summed E-state index contributed by atoms with van der Waals surface area (Å²) in [7, 11) is 1.74. The van der Waals surface area contributed by atoms with Crippen LogP contribution in [0.25, 0.3) is 10.9 Å². The van der Waals surface area contributed by atoms with Gasteiger partial charge in [-0.1, -0.05) is 0 Å². The van der Waals surface area contributed by atoms with Crippen molar-refractivity contribution in [1.29, 1.82) is 0 Å². The van der Waals surface area contributed by atoms with E-state index in [1.165, 1.54) is 12.8 Å². The number of carbonyl (C=O) groups excluding carboxylic acids is 1. The van der Waals surface area contributed by atoms with Crippen LogP contribution >= 0.6 is 0 Å². The Kier molecular flexibility index (Phi) is 5.69. The normalized spacial score (nSPS) is 23.0. The van der Waals surface area contributed by atoms with E-state index in [1.54, 1.807) is 7.11 Å². The van der Waals surface area contributed by atoms with Crippen LogP contribution in [0.5, 0.6) is 5.75 Å². The second-order valence-corrected chi connectivity index (χ2v) is 9.83. The van der Waals surface area contributed by atoms with Crippen LogP contribution in [0, 0.1) is 5.92 Å². The number of ether oxygens (including phenoxy) is 2. The van der Waals surface area contributed by atoms with Crippen LogP contribution in [0.2, 0.25) is 0 Å². The summed E-state index contributed by atoms with van der Waals surface area (Å²) in [5, 5.41) is 1.08. The standard InChI is InChI=1S/C25H35N3O3/c1-17(2)26-10-8-21(9-11-26)31-22-6-7-23-19(12-22)13-24-25(29)27(14-18-4-5-18)15-20(16-30-3)28(23)24/h6-7,12-13,17-18,20-21H,4-5,8-11,14-16H2,1-3H3/t20-/m0/s1. The first-order chi connectivity index (χ1) is 15.0. The molecule has 1 aliphatic carbocycles. The highest BCUT2D eigenvalue weighted by Gasteiger charge is 2.36. The van der Waals surface area contributed by atoms with Crippen LogP contribution in [0.3, 0.4) is 0 Å². The summed E-state index contributed by atoms with van der Waals surface area (Å²) in [5.41, 5.74) is 1.88. The molecule has 0 radical (unpaired) electrons. The van der Waals surface area contributed by atoms with E-state index >= 15 is 0 Å². The highest BCUT2D eigenvalue weighted by molar-refractivity contribution is 6.00. The summed E-state index contributed by atoms with van der Waals surface area (Å²) in [6.45, 7) is 8.92. The molecule has 3 heterocycles. The lowest BCUT2D eigenvalue weighted by Crippen LogP contribution is -2.44. The van der Waals surface area contributed by atoms with Gasteiger partial charge in [0.2, 0.25) is 0 Å². The number of methoxy groups -OCH3 is 1. The first-order valence-electron chi connectivity index (χ1n) is 11.9. The first kappa shape index (κ1) is 20.8. The van der Waals surface area contributed by atoms with Crippen molar-refractivity contribution in [3.8, 4) is 5.75 Å². The SMILES string of the molecule is COC[C@@H]1CN(CC2CC2)C(=O)c2cc3cc(OC4CCN(C(C)C)CC4)ccc3n21. The molecule has 2 fully saturated rings. The van der Waals surface area contributed by atoms with Crippen LogP contribution in [0.1, 0.15) is 56.1 Å². The van der Waals surface area contributed by atoms with Gasteiger partial charge in [-0.15, -0.1) is 0 Å². The fraction of sp³-hybridized carbons (Fsp3) is 0.640. The third-order valence-electron chi connectivity index (χ3n) is 7.16. The van der Waals surface area contributed by atoms with Crippen LogP contribution < -0.4 is 4.74 Å². The van der Waals surface area contributed by atoms with Crippen molar-refractivity contribution >= 4 is 16.8 Å². The Morgan fingerprint density at radius 2 is 1.87 bits per heavy atom. The molecule has 1 saturated carbocycles. The Bertz CT molecular complexity index is 941. The zero-order valence-corrected chi connectivity index (χ0v) is 19.0. The van der Waals surface area contributed by atoms with E-state index in [2.05, 4.69) is 41.5 Å². The average Bonchev–Trinajstić information content (AvgIpc) is 3.49. The van der Waals surface area contributed by atoms with Gasteiger partial charge in [-0.25, -0.2) is 0 Å². The van der Waals surface area contributed by atoms with Gasteiger partial charge < -0.3 is 23.8 Å². The Hall–Kier alpha value is -2.05. The van der Waals surface area contributed by atoms with E-state index in [9.17, 15) is 4.79 Å². The third kappa shape index (κ3) is 4.20. The summed E-state index contributed by atoms with van der Waals surface area (Å²) in [5.74, 6) is 1.74. The quantitative estimate of drug-likeness (QED) is 0.674. The van der Waals surface area contributed by atoms with Crippen LogP contribution in [0.4, 0.5) is 0 Å². The molecule has 168 valence electrons. The van der Waals surface area contributed by atoms with Crippen molar-refractivity contribution in [2.45, 2.75) is 57.7 Å². The van der Waals surface area contributed by atoms with E-state index in [1.807, 2.05) is 11.0 Å². The molecule has 0 N–H and O–H groups in total. The molecule has 31 heavy (non-hydrogen) atoms. The van der Waals surface area contributed by atoms with Crippen molar-refractivity contribution in [2.75, 3.05) is 39.9 Å². The van der Waals surface area contributed by atoms with E-state index in [0.717, 1.165) is 61.4 Å². The van der Waals surface area contributed by atoms with Crippen LogP contribution in [0.15, 0.2) is 24.3 Å². The Morgan fingerprint density at radius 3 is 2.55 bits per heavy atom. The first-order valence-corrected chi connectivity index (χ1v) is 11.9. The molecule has 0 bridgehead atoms. The van der Waals surface area contributed by atoms with Gasteiger partial charge in [0.15, 0.2) is 0 Å². The molecule has 5 rings (SSSR count). The molecule has 6 heteroatoms. The van der Waals surface area contributed by atoms with Crippen molar-refractivity contribution in [3.05, 3.63) is 30.0 Å². The van der Waals surface area contributed by atoms with Gasteiger partial charge in [-0.05, 0) is 69.7 Å². The molecule has 1 saturated heterocycles. The summed E-state index contributed by atoms with van der Waals surface area (Å²) in [6.07, 6.45) is 4.89. The topological polar surface area (TPSA) is 46.9 Å². The number of aromatic nitrogens is 1. The van der Waals surface area contributed by atoms with Gasteiger partial charge in [0.05, 0.1) is 12.6 Å². The summed E-state index contributed by atoms with van der Waals surface area (Å²) in [6, 6.07) is 9.09. The van der Waals surface area contributed by atoms with E-state index in [-0.39, 0.29) is 18.1 Å². The number of likely N-dealkylation sites (tertiary alicyclic amines) is 1. The molecule has 0 spiro atoms. The zero-order chi connectivity index (χ0) is 21.5. The molecule has 3 aliphatic rings. The number of hydrogen-bond donors (Lipinski definition) is 0. The maximum Gasteiger partial charge on any atom is 0.270 e. The maximum atomic E-state index is 13.2. The smallest absolute Gasteiger partial charge is 0.270 e. The number of benzene rings is 1. The molecule has 1 amide bonds. The van der Waals surface area contributed by atoms with Gasteiger partial charge >= 0.3 is 0 Å². The van der Waals surface area contributed by atoms with Crippen molar-refractivity contribution in [1.82, 2.24) is 14.4 Å². The number of hydrogen-bond acceptors (Lipinski definition) is 4. The third-order valence-corrected chi connectivity index (χ3v) is 7.16. The number of piperidine rings is 1. The minimum Gasteiger partial charge on any atom is -0.490 e. The number of rotatable bonds is 7. The van der Waals surface area contributed by atoms with E-state index < -0.39 is 0 Å². The predicted octanol–water partition coefficient (Wildman–Crippen LogP) is 3.95. The van der Waals surface area contributed by atoms with Gasteiger partial charge in [0.25, 0.3) is 5.91 Å². The summed E-state index contributed by atoms with van der Waals surface area (Å²) in [4.78, 5) is 17.8. The number of fused-ring (bicyclic) bond motifs is 3. The van der Waals surface area contributed by atoms with Crippen molar-refractivity contribution in [3.63, 3.8) is 0 Å². The largest absolute Gasteiger partial charge is 0.490 e. The predicted molar refractivity (Wildman–Crippen MR) is 122 cm³/mol. The van der Waals surface area contributed by atoms with Gasteiger partial charge in [0.1, 0.15) is 17.5 Å². The zero-order valence-electron chi connectivity index (χ0n) is 19.0. The average molecular weight is 426 g/mol. The fourth-order valence-corrected chi connectivity index (χ4v) is 5.22.